The third-order valence-corrected chi connectivity index (χ3v) is 3.14. The fraction of sp³-hybridized carbons (Fsp3) is 0.333. The lowest BCUT2D eigenvalue weighted by atomic mass is 9.80. The number of aliphatic carboxylic acids is 1. The Balaban J connectivity index is 2.57. The molecule has 0 radical (unpaired) electrons. The summed E-state index contributed by atoms with van der Waals surface area (Å²) in [6, 6.07) is 4.69. The van der Waals surface area contributed by atoms with Crippen molar-refractivity contribution in [2.24, 2.45) is 0 Å². The molecular formula is C12H13NO5. The lowest BCUT2D eigenvalue weighted by molar-refractivity contribution is -0.143. The third-order valence-electron chi connectivity index (χ3n) is 3.14. The van der Waals surface area contributed by atoms with Gasteiger partial charge in [0.25, 0.3) is 0 Å². The number of benzene rings is 1. The van der Waals surface area contributed by atoms with E-state index in [1.807, 2.05) is 0 Å². The number of hydrogen-bond acceptors (Lipinski definition) is 4. The molecule has 6 nitrogen and oxygen atoms in total. The van der Waals surface area contributed by atoms with Gasteiger partial charge in [-0.3, -0.25) is 9.78 Å². The third kappa shape index (κ3) is 1.91. The van der Waals surface area contributed by atoms with Crippen LogP contribution in [0.15, 0.2) is 27.4 Å². The molecule has 0 fully saturated rings. The van der Waals surface area contributed by atoms with E-state index in [9.17, 15) is 14.7 Å². The van der Waals surface area contributed by atoms with E-state index < -0.39 is 17.1 Å². The summed E-state index contributed by atoms with van der Waals surface area (Å²) in [4.78, 5) is 24.9. The van der Waals surface area contributed by atoms with E-state index in [4.69, 9.17) is 9.52 Å². The lowest BCUT2D eigenvalue weighted by Crippen LogP contribution is -2.33. The Morgan fingerprint density at radius 1 is 1.50 bits per heavy atom. The topological polar surface area (TPSA) is 104 Å². The highest BCUT2D eigenvalue weighted by molar-refractivity contribution is 5.83. The van der Waals surface area contributed by atoms with Gasteiger partial charge in [-0.1, -0.05) is 6.07 Å². The van der Waals surface area contributed by atoms with E-state index in [0.717, 1.165) is 0 Å². The molecule has 2 aromatic rings. The summed E-state index contributed by atoms with van der Waals surface area (Å²) in [5.41, 5.74) is 0.133. The monoisotopic (exact) mass is 251 g/mol. The van der Waals surface area contributed by atoms with Crippen LogP contribution in [-0.4, -0.2) is 27.8 Å². The van der Waals surface area contributed by atoms with E-state index in [-0.39, 0.29) is 13.0 Å². The number of hydrogen-bond donors (Lipinski definition) is 3. The quantitative estimate of drug-likeness (QED) is 0.747. The Morgan fingerprint density at radius 2 is 2.22 bits per heavy atom. The van der Waals surface area contributed by atoms with Gasteiger partial charge in [-0.25, -0.2) is 4.79 Å². The predicted octanol–water partition coefficient (Wildman–Crippen LogP) is 0.846. The molecule has 1 aromatic carbocycles. The van der Waals surface area contributed by atoms with Crippen molar-refractivity contribution < 1.29 is 19.4 Å². The average molecular weight is 251 g/mol. The molecular weight excluding hydrogens is 238 g/mol. The number of aromatic nitrogens is 1. The van der Waals surface area contributed by atoms with Gasteiger partial charge in [0.1, 0.15) is 0 Å². The van der Waals surface area contributed by atoms with Crippen molar-refractivity contribution in [1.82, 2.24) is 4.98 Å². The minimum Gasteiger partial charge on any atom is -0.481 e. The number of fused-ring (bicyclic) bond motifs is 1. The molecule has 0 saturated carbocycles. The SMILES string of the molecule is CC(CCO)(C(=O)O)c1ccc2oc(=O)[nH]c2c1. The number of oxazole rings is 1. The highest BCUT2D eigenvalue weighted by atomic mass is 16.4. The van der Waals surface area contributed by atoms with Gasteiger partial charge in [-0.05, 0) is 31.0 Å². The van der Waals surface area contributed by atoms with Gasteiger partial charge in [-0.2, -0.15) is 0 Å². The van der Waals surface area contributed by atoms with Crippen molar-refractivity contribution in [1.29, 1.82) is 0 Å². The van der Waals surface area contributed by atoms with Crippen molar-refractivity contribution in [3.63, 3.8) is 0 Å². The summed E-state index contributed by atoms with van der Waals surface area (Å²) in [6.45, 7) is 1.30. The van der Waals surface area contributed by atoms with Crippen LogP contribution in [0, 0.1) is 0 Å². The minimum absolute atomic E-state index is 0.0932. The van der Waals surface area contributed by atoms with Crippen LogP contribution in [0.3, 0.4) is 0 Å². The molecule has 0 bridgehead atoms. The number of H-pyrrole nitrogens is 1. The Hall–Kier alpha value is -2.08. The lowest BCUT2D eigenvalue weighted by Gasteiger charge is -2.24. The summed E-state index contributed by atoms with van der Waals surface area (Å²) in [5.74, 6) is -1.61. The Morgan fingerprint density at radius 3 is 2.83 bits per heavy atom. The van der Waals surface area contributed by atoms with E-state index in [1.54, 1.807) is 18.2 Å². The number of aliphatic hydroxyl groups is 1. The first kappa shape index (κ1) is 12.4. The second-order valence-electron chi connectivity index (χ2n) is 4.34. The van der Waals surface area contributed by atoms with Crippen LogP contribution in [0.25, 0.3) is 11.1 Å². The second kappa shape index (κ2) is 4.30. The van der Waals surface area contributed by atoms with Gasteiger partial charge in [0.15, 0.2) is 5.58 Å². The van der Waals surface area contributed by atoms with Crippen LogP contribution in [0.4, 0.5) is 0 Å². The molecule has 1 heterocycles. The van der Waals surface area contributed by atoms with Gasteiger partial charge >= 0.3 is 11.7 Å². The first-order chi connectivity index (χ1) is 8.47. The zero-order chi connectivity index (χ0) is 13.3. The zero-order valence-electron chi connectivity index (χ0n) is 9.77. The molecule has 1 atom stereocenters. The van der Waals surface area contributed by atoms with Gasteiger partial charge in [-0.15, -0.1) is 0 Å². The molecule has 1 unspecified atom stereocenters. The molecule has 96 valence electrons. The summed E-state index contributed by atoms with van der Waals surface area (Å²) in [5, 5.41) is 18.3. The van der Waals surface area contributed by atoms with E-state index >= 15 is 0 Å². The first-order valence-corrected chi connectivity index (χ1v) is 5.45. The second-order valence-corrected chi connectivity index (χ2v) is 4.34. The molecule has 0 aliphatic rings. The molecule has 0 amide bonds. The Labute approximate surface area is 102 Å². The smallest absolute Gasteiger partial charge is 0.417 e. The Kier molecular flexibility index (Phi) is 2.96. The van der Waals surface area contributed by atoms with E-state index in [2.05, 4.69) is 4.98 Å². The number of rotatable bonds is 4. The van der Waals surface area contributed by atoms with Crippen molar-refractivity contribution in [2.45, 2.75) is 18.8 Å². The number of carboxylic acids is 1. The molecule has 0 saturated heterocycles. The minimum atomic E-state index is -1.20. The maximum atomic E-state index is 11.3. The van der Waals surface area contributed by atoms with Gasteiger partial charge in [0.2, 0.25) is 0 Å². The largest absolute Gasteiger partial charge is 0.481 e. The summed E-state index contributed by atoms with van der Waals surface area (Å²) in [7, 11) is 0. The van der Waals surface area contributed by atoms with Gasteiger partial charge in [0, 0.05) is 6.61 Å². The van der Waals surface area contributed by atoms with E-state index in [1.165, 1.54) is 6.92 Å². The maximum absolute atomic E-state index is 11.3. The first-order valence-electron chi connectivity index (χ1n) is 5.45. The van der Waals surface area contributed by atoms with Crippen molar-refractivity contribution in [2.75, 3.05) is 6.61 Å². The molecule has 1 aromatic heterocycles. The standard InChI is InChI=1S/C12H13NO5/c1-12(4-5-14,10(15)16)7-2-3-9-8(6-7)13-11(17)18-9/h2-3,6,14H,4-5H2,1H3,(H,13,17)(H,15,16). The number of nitrogens with one attached hydrogen (secondary N) is 1. The molecule has 3 N–H and O–H groups in total. The molecule has 0 aliphatic carbocycles. The fourth-order valence-corrected chi connectivity index (χ4v) is 1.89. The zero-order valence-corrected chi connectivity index (χ0v) is 9.77. The van der Waals surface area contributed by atoms with Gasteiger partial charge < -0.3 is 14.6 Å². The van der Waals surface area contributed by atoms with E-state index in [0.29, 0.717) is 16.7 Å². The molecule has 0 aliphatic heterocycles. The molecule has 6 heteroatoms. The summed E-state index contributed by atoms with van der Waals surface area (Å²) < 4.78 is 4.85. The molecule has 2 rings (SSSR count). The molecule has 18 heavy (non-hydrogen) atoms. The average Bonchev–Trinajstić information content (AvgIpc) is 2.67. The van der Waals surface area contributed by atoms with Crippen LogP contribution < -0.4 is 5.76 Å². The van der Waals surface area contributed by atoms with Crippen LogP contribution in [-0.2, 0) is 10.2 Å². The number of carbonyl (C=O) groups is 1. The van der Waals surface area contributed by atoms with Crippen LogP contribution in [0.5, 0.6) is 0 Å². The molecule has 0 spiro atoms. The number of aliphatic hydroxyl groups excluding tert-OH is 1. The van der Waals surface area contributed by atoms with Crippen molar-refractivity contribution in [3.8, 4) is 0 Å². The van der Waals surface area contributed by atoms with Crippen molar-refractivity contribution in [3.05, 3.63) is 34.3 Å². The normalized spacial score (nSPS) is 14.6. The maximum Gasteiger partial charge on any atom is 0.417 e. The number of carboxylic acid groups (broad SMARTS) is 1. The van der Waals surface area contributed by atoms with Crippen LogP contribution >= 0.6 is 0 Å². The van der Waals surface area contributed by atoms with Crippen LogP contribution in [0.1, 0.15) is 18.9 Å². The van der Waals surface area contributed by atoms with Gasteiger partial charge in [0.05, 0.1) is 10.9 Å². The highest BCUT2D eigenvalue weighted by Crippen LogP contribution is 2.29. The summed E-state index contributed by atoms with van der Waals surface area (Å²) >= 11 is 0. The highest BCUT2D eigenvalue weighted by Gasteiger charge is 2.34. The number of aromatic amines is 1. The fourth-order valence-electron chi connectivity index (χ4n) is 1.89. The predicted molar refractivity (Wildman–Crippen MR) is 63.5 cm³/mol. The Bertz CT molecular complexity index is 641. The summed E-state index contributed by atoms with van der Waals surface area (Å²) in [6.07, 6.45) is 0.0932. The van der Waals surface area contributed by atoms with Crippen LogP contribution in [0.2, 0.25) is 0 Å². The van der Waals surface area contributed by atoms with Crippen molar-refractivity contribution >= 4 is 17.1 Å².